The molecule has 1 amide bonds. The highest BCUT2D eigenvalue weighted by Gasteiger charge is 2.38. The number of fused-ring (bicyclic) bond motifs is 1. The highest BCUT2D eigenvalue weighted by atomic mass is 32.2. The Morgan fingerprint density at radius 2 is 1.62 bits per heavy atom. The Balaban J connectivity index is 1.20. The van der Waals surface area contributed by atoms with Gasteiger partial charge in [-0.2, -0.15) is 0 Å². The molecule has 2 heterocycles. The maximum Gasteiger partial charge on any atom is 0.303 e. The summed E-state index contributed by atoms with van der Waals surface area (Å²) in [6.45, 7) is 2.44. The molecule has 0 spiro atoms. The van der Waals surface area contributed by atoms with E-state index in [2.05, 4.69) is 18.3 Å². The summed E-state index contributed by atoms with van der Waals surface area (Å²) >= 11 is 3.39. The van der Waals surface area contributed by atoms with Crippen molar-refractivity contribution >= 4 is 45.2 Å². The number of carboxylic acid groups (broad SMARTS) is 1. The van der Waals surface area contributed by atoms with Crippen molar-refractivity contribution in [2.75, 3.05) is 5.75 Å². The monoisotopic (exact) mass is 668 g/mol. The number of hydrogen-bond donors (Lipinski definition) is 3. The third-order valence-electron chi connectivity index (χ3n) is 8.32. The molecule has 8 nitrogen and oxygen atoms in total. The number of carbonyl (C=O) groups is 2. The largest absolute Gasteiger partial charge is 0.481 e. The van der Waals surface area contributed by atoms with Crippen LogP contribution in [0.2, 0.25) is 0 Å². The van der Waals surface area contributed by atoms with Gasteiger partial charge in [-0.1, -0.05) is 104 Å². The van der Waals surface area contributed by atoms with Gasteiger partial charge in [0.1, 0.15) is 0 Å². The molecule has 0 saturated carbocycles. The number of carboxylic acids is 1. The number of hydrogen-bond acceptors (Lipinski definition) is 8. The number of rotatable bonds is 12. The predicted molar refractivity (Wildman–Crippen MR) is 184 cm³/mol. The Kier molecular flexibility index (Phi) is 10.6. The average Bonchev–Trinajstić information content (AvgIpc) is 3.53. The third-order valence-corrected chi connectivity index (χ3v) is 10.6. The first kappa shape index (κ1) is 32.9. The zero-order valence-corrected chi connectivity index (χ0v) is 27.5. The van der Waals surface area contributed by atoms with E-state index in [1.165, 1.54) is 0 Å². The number of para-hydroxylation sites is 1. The van der Waals surface area contributed by atoms with Gasteiger partial charge >= 0.3 is 5.97 Å². The molecule has 0 aliphatic carbocycles. The van der Waals surface area contributed by atoms with Crippen molar-refractivity contribution in [1.29, 1.82) is 0 Å². The number of aliphatic carboxylic acids is 1. The number of nitrogens with zero attached hydrogens (tertiary/aromatic N) is 1. The number of aliphatic hydroxyl groups excluding tert-OH is 1. The lowest BCUT2D eigenvalue weighted by Crippen LogP contribution is -2.38. The summed E-state index contributed by atoms with van der Waals surface area (Å²) in [5.41, 5.74) is 6.67. The lowest BCUT2D eigenvalue weighted by atomic mass is 9.91. The molecule has 0 bridgehead atoms. The normalized spacial score (nSPS) is 19.4. The first-order valence-electron chi connectivity index (χ1n) is 15.5. The van der Waals surface area contributed by atoms with E-state index >= 15 is 0 Å². The number of aromatic nitrogens is 1. The van der Waals surface area contributed by atoms with E-state index < -0.39 is 12.3 Å². The molecule has 1 aliphatic heterocycles. The highest BCUT2D eigenvalue weighted by molar-refractivity contribution is 8.01. The average molecular weight is 669 g/mol. The van der Waals surface area contributed by atoms with Crippen molar-refractivity contribution in [3.63, 3.8) is 0 Å². The van der Waals surface area contributed by atoms with Crippen LogP contribution in [-0.4, -0.2) is 38.9 Å². The second kappa shape index (κ2) is 15.2. The zero-order valence-electron chi connectivity index (χ0n) is 25.9. The van der Waals surface area contributed by atoms with E-state index in [9.17, 15) is 14.7 Å². The lowest BCUT2D eigenvalue weighted by Gasteiger charge is -2.41. The van der Waals surface area contributed by atoms with Gasteiger partial charge in [0.05, 0.1) is 35.5 Å². The Morgan fingerprint density at radius 1 is 0.894 bits per heavy atom. The molecule has 5 aromatic rings. The van der Waals surface area contributed by atoms with E-state index in [0.29, 0.717) is 6.54 Å². The number of aliphatic hydroxyl groups is 1. The van der Waals surface area contributed by atoms with Gasteiger partial charge in [-0.15, -0.1) is 11.3 Å². The van der Waals surface area contributed by atoms with Crippen LogP contribution in [0, 0.1) is 5.92 Å². The van der Waals surface area contributed by atoms with E-state index in [4.69, 9.17) is 19.6 Å². The molecule has 242 valence electrons. The molecular formula is C37H36N2O6S2. The van der Waals surface area contributed by atoms with Gasteiger partial charge in [-0.3, -0.25) is 9.59 Å². The Labute approximate surface area is 281 Å². The van der Waals surface area contributed by atoms with Gasteiger partial charge < -0.3 is 25.0 Å². The first-order valence-corrected chi connectivity index (χ1v) is 17.3. The van der Waals surface area contributed by atoms with Gasteiger partial charge in [-0.25, -0.2) is 4.98 Å². The summed E-state index contributed by atoms with van der Waals surface area (Å²) in [6, 6.07) is 32.0. The standard InChI is InChI=1S/C37H36N2O6S2/c1-23-31(22-46-37-39-30-8-4-5-9-32(30)47-37)44-36(45-35(23)26-12-10-24(21-40)11-13-26)27-16-14-25(15-17-27)29-7-3-2-6-28(29)20-38-33(41)18-19-34(42)43/h2-17,23,31,35-36,40H,18-22H2,1H3,(H,38,41)(H,42,43)/t23-,31+,35+,36+/m1/s1. The van der Waals surface area contributed by atoms with Gasteiger partial charge in [-0.05, 0) is 39.9 Å². The Hall–Kier alpha value is -4.06. The molecule has 0 unspecified atom stereocenters. The van der Waals surface area contributed by atoms with Crippen LogP contribution in [0.3, 0.4) is 0 Å². The zero-order chi connectivity index (χ0) is 32.8. The molecule has 3 N–H and O–H groups in total. The topological polar surface area (TPSA) is 118 Å². The molecule has 0 radical (unpaired) electrons. The van der Waals surface area contributed by atoms with Crippen molar-refractivity contribution in [2.45, 2.75) is 55.8 Å². The highest BCUT2D eigenvalue weighted by Crippen LogP contribution is 2.44. The molecule has 4 aromatic carbocycles. The van der Waals surface area contributed by atoms with Crippen LogP contribution in [-0.2, 0) is 32.2 Å². The molecule has 1 aromatic heterocycles. The van der Waals surface area contributed by atoms with Crippen LogP contribution in [0.4, 0.5) is 0 Å². The quantitative estimate of drug-likeness (QED) is 0.117. The van der Waals surface area contributed by atoms with Crippen LogP contribution in [0.1, 0.15) is 54.4 Å². The molecule has 1 fully saturated rings. The molecule has 4 atom stereocenters. The Bertz CT molecular complexity index is 1790. The summed E-state index contributed by atoms with van der Waals surface area (Å²) in [5, 5.41) is 21.3. The summed E-state index contributed by atoms with van der Waals surface area (Å²) in [6.07, 6.45) is -1.17. The van der Waals surface area contributed by atoms with E-state index in [0.717, 1.165) is 53.7 Å². The summed E-state index contributed by atoms with van der Waals surface area (Å²) in [5.74, 6) is -0.514. The van der Waals surface area contributed by atoms with Crippen molar-refractivity contribution in [3.05, 3.63) is 119 Å². The van der Waals surface area contributed by atoms with Crippen molar-refractivity contribution in [3.8, 4) is 11.1 Å². The van der Waals surface area contributed by atoms with Crippen LogP contribution in [0.15, 0.2) is 101 Å². The Morgan fingerprint density at radius 3 is 2.36 bits per heavy atom. The van der Waals surface area contributed by atoms with Gasteiger partial charge in [0.2, 0.25) is 5.91 Å². The fourth-order valence-electron chi connectivity index (χ4n) is 5.65. The fraction of sp³-hybridized carbons (Fsp3) is 0.270. The maximum atomic E-state index is 12.1. The molecule has 6 rings (SSSR count). The van der Waals surface area contributed by atoms with Crippen LogP contribution < -0.4 is 5.32 Å². The van der Waals surface area contributed by atoms with Crippen molar-refractivity contribution in [1.82, 2.24) is 10.3 Å². The molecule has 1 aliphatic rings. The molecule has 10 heteroatoms. The number of amides is 1. The number of carbonyl (C=O) groups excluding carboxylic acids is 1. The van der Waals surface area contributed by atoms with Crippen LogP contribution in [0.25, 0.3) is 21.3 Å². The minimum atomic E-state index is -0.995. The molecule has 1 saturated heterocycles. The van der Waals surface area contributed by atoms with Gasteiger partial charge in [0, 0.05) is 30.2 Å². The predicted octanol–water partition coefficient (Wildman–Crippen LogP) is 7.52. The second-order valence-electron chi connectivity index (χ2n) is 11.5. The summed E-state index contributed by atoms with van der Waals surface area (Å²) < 4.78 is 15.5. The van der Waals surface area contributed by atoms with E-state index in [-0.39, 0.29) is 43.5 Å². The second-order valence-corrected chi connectivity index (χ2v) is 13.8. The lowest BCUT2D eigenvalue weighted by molar-refractivity contribution is -0.268. The van der Waals surface area contributed by atoms with Gasteiger partial charge in [0.25, 0.3) is 0 Å². The number of ether oxygens (including phenoxy) is 2. The van der Waals surface area contributed by atoms with Crippen LogP contribution >= 0.6 is 23.1 Å². The van der Waals surface area contributed by atoms with Crippen molar-refractivity contribution in [2.24, 2.45) is 5.92 Å². The van der Waals surface area contributed by atoms with Crippen molar-refractivity contribution < 1.29 is 29.3 Å². The van der Waals surface area contributed by atoms with Crippen LogP contribution in [0.5, 0.6) is 0 Å². The number of benzene rings is 4. The smallest absolute Gasteiger partial charge is 0.303 e. The minimum Gasteiger partial charge on any atom is -0.481 e. The SMILES string of the molecule is C[C@@H]1[C@H](CSc2nc3ccccc3s2)O[C@H](c2ccc(-c3ccccc3CNC(=O)CCC(=O)O)cc2)O[C@@H]1c1ccc(CO)cc1. The van der Waals surface area contributed by atoms with Gasteiger partial charge in [0.15, 0.2) is 10.6 Å². The molecule has 47 heavy (non-hydrogen) atoms. The minimum absolute atomic E-state index is 0.0128. The van der Waals surface area contributed by atoms with E-state index in [1.807, 2.05) is 91.0 Å². The number of thiazole rings is 1. The fourth-order valence-corrected chi connectivity index (χ4v) is 7.91. The number of nitrogens with one attached hydrogen (secondary N) is 1. The molecular weight excluding hydrogens is 633 g/mol. The first-order chi connectivity index (χ1) is 22.9. The number of thioether (sulfide) groups is 1. The maximum absolute atomic E-state index is 12.1. The summed E-state index contributed by atoms with van der Waals surface area (Å²) in [7, 11) is 0. The summed E-state index contributed by atoms with van der Waals surface area (Å²) in [4.78, 5) is 27.8. The van der Waals surface area contributed by atoms with E-state index in [1.54, 1.807) is 23.1 Å². The third kappa shape index (κ3) is 8.09.